The normalized spacial score (nSPS) is 15.6. The van der Waals surface area contributed by atoms with Crippen molar-refractivity contribution in [1.29, 1.82) is 0 Å². The predicted octanol–water partition coefficient (Wildman–Crippen LogP) is 3.99. The number of phenols is 1. The van der Waals surface area contributed by atoms with Crippen LogP contribution in [0, 0.1) is 0 Å². The molecule has 1 aromatic rings. The summed E-state index contributed by atoms with van der Waals surface area (Å²) in [5.74, 6) is -0.0294. The summed E-state index contributed by atoms with van der Waals surface area (Å²) in [7, 11) is 0. The third-order valence-corrected chi connectivity index (χ3v) is 3.09. The van der Waals surface area contributed by atoms with Gasteiger partial charge in [0.1, 0.15) is 17.1 Å². The molecule has 20 heavy (non-hydrogen) atoms. The number of fused-ring (bicyclic) bond motifs is 1. The number of hydrogen-bond acceptors (Lipinski definition) is 3. The second-order valence-corrected chi connectivity index (χ2v) is 4.93. The number of carbonyl (C=O) groups is 1. The Bertz CT molecular complexity index is 630. The fourth-order valence-corrected chi connectivity index (χ4v) is 2.11. The molecule has 1 aliphatic heterocycles. The maximum absolute atomic E-state index is 11.9. The van der Waals surface area contributed by atoms with Gasteiger partial charge in [-0.2, -0.15) is 0 Å². The van der Waals surface area contributed by atoms with E-state index in [1.807, 2.05) is 39.0 Å². The molecule has 0 radical (unpaired) electrons. The van der Waals surface area contributed by atoms with Gasteiger partial charge in [0.25, 0.3) is 0 Å². The Kier molecular flexibility index (Phi) is 4.08. The van der Waals surface area contributed by atoms with Gasteiger partial charge in [0.05, 0.1) is 0 Å². The first kappa shape index (κ1) is 14.1. The summed E-state index contributed by atoms with van der Waals surface area (Å²) in [6.45, 7) is 5.94. The van der Waals surface area contributed by atoms with E-state index in [4.69, 9.17) is 4.74 Å². The first-order chi connectivity index (χ1) is 9.54. The molecule has 1 heterocycles. The highest BCUT2D eigenvalue weighted by atomic mass is 16.5. The molecule has 0 saturated heterocycles. The number of ether oxygens (including phenoxy) is 1. The monoisotopic (exact) mass is 270 g/mol. The largest absolute Gasteiger partial charge is 0.507 e. The molecule has 0 aromatic heterocycles. The van der Waals surface area contributed by atoms with Gasteiger partial charge in [-0.05, 0) is 44.9 Å². The summed E-state index contributed by atoms with van der Waals surface area (Å²) in [6.07, 6.45) is 8.20. The smallest absolute Gasteiger partial charge is 0.348 e. The summed E-state index contributed by atoms with van der Waals surface area (Å²) < 4.78 is 5.25. The molecule has 1 aromatic carbocycles. The second kappa shape index (κ2) is 5.78. The number of carbonyl (C=O) groups excluding carboxylic acids is 1. The Morgan fingerprint density at radius 1 is 1.30 bits per heavy atom. The number of phenolic OH excluding ortho intramolecular Hbond substituents is 1. The van der Waals surface area contributed by atoms with Crippen molar-refractivity contribution >= 4 is 11.7 Å². The lowest BCUT2D eigenvalue weighted by Crippen LogP contribution is -1.96. The van der Waals surface area contributed by atoms with Gasteiger partial charge in [-0.15, -0.1) is 0 Å². The molecule has 1 N–H and O–H groups in total. The van der Waals surface area contributed by atoms with Crippen LogP contribution in [0.1, 0.15) is 42.3 Å². The van der Waals surface area contributed by atoms with Crippen LogP contribution in [0.25, 0.3) is 5.76 Å². The zero-order valence-corrected chi connectivity index (χ0v) is 11.9. The van der Waals surface area contributed by atoms with E-state index in [0.717, 1.165) is 5.56 Å². The molecule has 0 bridgehead atoms. The van der Waals surface area contributed by atoms with Crippen LogP contribution in [0.4, 0.5) is 0 Å². The Balaban J connectivity index is 2.58. The van der Waals surface area contributed by atoms with E-state index in [1.165, 1.54) is 5.57 Å². The molecule has 0 spiro atoms. The van der Waals surface area contributed by atoms with E-state index >= 15 is 0 Å². The third-order valence-electron chi connectivity index (χ3n) is 3.09. The number of benzene rings is 1. The van der Waals surface area contributed by atoms with Crippen molar-refractivity contribution in [3.8, 4) is 5.75 Å². The zero-order chi connectivity index (χ0) is 14.7. The van der Waals surface area contributed by atoms with Crippen LogP contribution in [0.15, 0.2) is 42.0 Å². The summed E-state index contributed by atoms with van der Waals surface area (Å²) in [4.78, 5) is 11.9. The Labute approximate surface area is 118 Å². The van der Waals surface area contributed by atoms with Crippen LogP contribution in [0.5, 0.6) is 5.75 Å². The maximum atomic E-state index is 11.9. The average Bonchev–Trinajstić information content (AvgIpc) is 2.74. The number of cyclic esters (lactones) is 1. The number of allylic oxidation sites excluding steroid dienone is 5. The molecule has 0 unspecified atom stereocenters. The van der Waals surface area contributed by atoms with Gasteiger partial charge in [-0.1, -0.05) is 29.9 Å². The highest BCUT2D eigenvalue weighted by molar-refractivity contribution is 6.06. The predicted molar refractivity (Wildman–Crippen MR) is 79.4 cm³/mol. The van der Waals surface area contributed by atoms with Crippen molar-refractivity contribution in [3.05, 3.63) is 58.7 Å². The number of hydrogen-bond donors (Lipinski definition) is 1. The molecule has 0 atom stereocenters. The first-order valence-electron chi connectivity index (χ1n) is 6.58. The van der Waals surface area contributed by atoms with Gasteiger partial charge < -0.3 is 9.84 Å². The molecule has 104 valence electrons. The molecule has 0 amide bonds. The highest BCUT2D eigenvalue weighted by Crippen LogP contribution is 2.38. The molecule has 3 heteroatoms. The van der Waals surface area contributed by atoms with Crippen LogP contribution >= 0.6 is 0 Å². The summed E-state index contributed by atoms with van der Waals surface area (Å²) in [5, 5.41) is 9.89. The van der Waals surface area contributed by atoms with Crippen LogP contribution < -0.4 is 0 Å². The fourth-order valence-electron chi connectivity index (χ4n) is 2.11. The molecular weight excluding hydrogens is 252 g/mol. The second-order valence-electron chi connectivity index (χ2n) is 4.93. The van der Waals surface area contributed by atoms with Crippen molar-refractivity contribution < 1.29 is 14.6 Å². The quantitative estimate of drug-likeness (QED) is 0.667. The minimum absolute atomic E-state index is 0.0326. The van der Waals surface area contributed by atoms with Gasteiger partial charge in [-0.25, -0.2) is 4.79 Å². The van der Waals surface area contributed by atoms with Crippen LogP contribution in [0.2, 0.25) is 0 Å². The van der Waals surface area contributed by atoms with E-state index in [0.29, 0.717) is 17.7 Å². The number of esters is 1. The molecule has 3 nitrogen and oxygen atoms in total. The molecule has 2 rings (SSSR count). The fraction of sp³-hybridized carbons (Fsp3) is 0.235. The number of aromatic hydroxyl groups is 1. The zero-order valence-electron chi connectivity index (χ0n) is 11.9. The van der Waals surface area contributed by atoms with E-state index in [9.17, 15) is 9.90 Å². The van der Waals surface area contributed by atoms with Gasteiger partial charge in [0.15, 0.2) is 0 Å². The van der Waals surface area contributed by atoms with Crippen LogP contribution in [-0.2, 0) is 11.2 Å². The lowest BCUT2D eigenvalue weighted by molar-refractivity contribution is 0.0713. The number of rotatable bonds is 3. The van der Waals surface area contributed by atoms with E-state index in [2.05, 4.69) is 6.08 Å². The van der Waals surface area contributed by atoms with Crippen molar-refractivity contribution in [1.82, 2.24) is 0 Å². The molecule has 0 saturated carbocycles. The van der Waals surface area contributed by atoms with E-state index in [1.54, 1.807) is 12.1 Å². The van der Waals surface area contributed by atoms with Crippen molar-refractivity contribution in [2.75, 3.05) is 0 Å². The SMILES string of the molecule is C/C=C/C=C1\OC(=O)c2c(O)ccc(CC=C(C)C)c21. The van der Waals surface area contributed by atoms with Crippen molar-refractivity contribution in [2.45, 2.75) is 27.2 Å². The Hall–Kier alpha value is -2.29. The van der Waals surface area contributed by atoms with Crippen molar-refractivity contribution in [3.63, 3.8) is 0 Å². The van der Waals surface area contributed by atoms with Gasteiger partial charge in [0, 0.05) is 5.56 Å². The van der Waals surface area contributed by atoms with Crippen LogP contribution in [-0.4, -0.2) is 11.1 Å². The summed E-state index contributed by atoms with van der Waals surface area (Å²) in [6, 6.07) is 3.38. The Morgan fingerprint density at radius 3 is 2.70 bits per heavy atom. The average molecular weight is 270 g/mol. The van der Waals surface area contributed by atoms with Crippen LogP contribution in [0.3, 0.4) is 0 Å². The molecular formula is C17H18O3. The summed E-state index contributed by atoms with van der Waals surface area (Å²) >= 11 is 0. The Morgan fingerprint density at radius 2 is 2.05 bits per heavy atom. The lowest BCUT2D eigenvalue weighted by atomic mass is 9.97. The molecule has 1 aliphatic rings. The first-order valence-corrected chi connectivity index (χ1v) is 6.58. The molecule has 0 aliphatic carbocycles. The summed E-state index contributed by atoms with van der Waals surface area (Å²) in [5.41, 5.74) is 3.14. The van der Waals surface area contributed by atoms with Gasteiger partial charge in [0.2, 0.25) is 0 Å². The minimum atomic E-state index is -0.493. The van der Waals surface area contributed by atoms with E-state index in [-0.39, 0.29) is 11.3 Å². The minimum Gasteiger partial charge on any atom is -0.507 e. The van der Waals surface area contributed by atoms with Gasteiger partial charge >= 0.3 is 5.97 Å². The highest BCUT2D eigenvalue weighted by Gasteiger charge is 2.31. The lowest BCUT2D eigenvalue weighted by Gasteiger charge is -2.06. The van der Waals surface area contributed by atoms with Crippen molar-refractivity contribution in [2.24, 2.45) is 0 Å². The maximum Gasteiger partial charge on any atom is 0.348 e. The molecule has 0 fully saturated rings. The third kappa shape index (κ3) is 2.67. The van der Waals surface area contributed by atoms with Gasteiger partial charge in [-0.3, -0.25) is 0 Å². The topological polar surface area (TPSA) is 46.5 Å². The van der Waals surface area contributed by atoms with E-state index < -0.39 is 5.97 Å². The standard InChI is InChI=1S/C17H18O3/c1-4-5-6-14-15-12(8-7-11(2)3)9-10-13(18)16(15)17(19)20-14/h4-7,9-10,18H,8H2,1-3H3/b5-4+,14-6-.